The molecule has 0 bridgehead atoms. The predicted molar refractivity (Wildman–Crippen MR) is 147 cm³/mol. The van der Waals surface area contributed by atoms with Gasteiger partial charge in [0.1, 0.15) is 6.04 Å². The highest BCUT2D eigenvalue weighted by atomic mass is 79.9. The number of rotatable bonds is 15. The molecule has 0 fully saturated rings. The normalized spacial score (nSPS) is 12.4. The van der Waals surface area contributed by atoms with Gasteiger partial charge in [-0.3, -0.25) is 4.79 Å². The van der Waals surface area contributed by atoms with Gasteiger partial charge in [0.05, 0.1) is 4.90 Å². The summed E-state index contributed by atoms with van der Waals surface area (Å²) in [5.74, 6) is -1.17. The lowest BCUT2D eigenvalue weighted by atomic mass is 10.1. The number of hydrogen-bond donors (Lipinski definition) is 3. The molecule has 0 aliphatic carbocycles. The Hall–Kier alpha value is -2.52. The summed E-state index contributed by atoms with van der Waals surface area (Å²) in [6.07, 6.45) is 4.89. The lowest BCUT2D eigenvalue weighted by molar-refractivity contribution is -0.139. The molecule has 3 rings (SSSR count). The van der Waals surface area contributed by atoms with Crippen molar-refractivity contribution in [3.05, 3.63) is 88.9 Å². The zero-order valence-electron chi connectivity index (χ0n) is 20.2. The number of benzene rings is 3. The van der Waals surface area contributed by atoms with Gasteiger partial charge in [-0.05, 0) is 86.1 Å². The van der Waals surface area contributed by atoms with Crippen LogP contribution in [-0.2, 0) is 21.2 Å². The van der Waals surface area contributed by atoms with Crippen LogP contribution < -0.4 is 10.0 Å². The molecule has 3 aromatic rings. The Kier molecular flexibility index (Phi) is 11.1. The Bertz CT molecular complexity index is 1180. The van der Waals surface area contributed by atoms with E-state index in [0.717, 1.165) is 54.4 Å². The first-order valence-electron chi connectivity index (χ1n) is 12.2. The standard InChI is InChI=1S/C28H33BrN2O4S/c29-25-16-12-23(13-17-25)24-14-18-26(19-15-24)36(34,35)31-27(28(32)33)11-5-7-21-30-20-6-4-10-22-8-2-1-3-9-22/h1-3,8-9,12-19,27,30-31H,4-7,10-11,20-21H2,(H,32,33). The molecule has 0 saturated heterocycles. The van der Waals surface area contributed by atoms with Gasteiger partial charge in [-0.25, -0.2) is 8.42 Å². The fourth-order valence-electron chi connectivity index (χ4n) is 3.90. The number of hydrogen-bond acceptors (Lipinski definition) is 4. The highest BCUT2D eigenvalue weighted by Crippen LogP contribution is 2.23. The third kappa shape index (κ3) is 9.17. The van der Waals surface area contributed by atoms with Crippen LogP contribution in [0.2, 0.25) is 0 Å². The van der Waals surface area contributed by atoms with Gasteiger partial charge in [0.15, 0.2) is 0 Å². The van der Waals surface area contributed by atoms with E-state index in [1.165, 1.54) is 17.7 Å². The second kappa shape index (κ2) is 14.3. The molecule has 8 heteroatoms. The average Bonchev–Trinajstić information content (AvgIpc) is 2.88. The zero-order valence-corrected chi connectivity index (χ0v) is 22.6. The van der Waals surface area contributed by atoms with E-state index >= 15 is 0 Å². The molecule has 3 aromatic carbocycles. The number of carbonyl (C=O) groups is 1. The number of carboxylic acids is 1. The van der Waals surface area contributed by atoms with Gasteiger partial charge in [-0.1, -0.05) is 76.9 Å². The number of unbranched alkanes of at least 4 members (excludes halogenated alkanes) is 2. The molecule has 192 valence electrons. The van der Waals surface area contributed by atoms with Crippen molar-refractivity contribution in [2.45, 2.75) is 49.5 Å². The van der Waals surface area contributed by atoms with Crippen LogP contribution in [0.25, 0.3) is 11.1 Å². The van der Waals surface area contributed by atoms with Gasteiger partial charge in [-0.2, -0.15) is 4.72 Å². The van der Waals surface area contributed by atoms with Crippen LogP contribution in [0.5, 0.6) is 0 Å². The van der Waals surface area contributed by atoms with Crippen LogP contribution in [0.15, 0.2) is 88.2 Å². The van der Waals surface area contributed by atoms with E-state index in [-0.39, 0.29) is 11.3 Å². The number of halogens is 1. The minimum atomic E-state index is -3.94. The Morgan fingerprint density at radius 1 is 0.806 bits per heavy atom. The van der Waals surface area contributed by atoms with E-state index in [9.17, 15) is 18.3 Å². The third-order valence-electron chi connectivity index (χ3n) is 5.95. The van der Waals surface area contributed by atoms with Gasteiger partial charge in [0.2, 0.25) is 10.0 Å². The summed E-state index contributed by atoms with van der Waals surface area (Å²) in [6.45, 7) is 1.69. The molecule has 0 radical (unpaired) electrons. The van der Waals surface area contributed by atoms with E-state index in [1.807, 2.05) is 30.3 Å². The van der Waals surface area contributed by atoms with Crippen molar-refractivity contribution >= 4 is 31.9 Å². The number of sulfonamides is 1. The van der Waals surface area contributed by atoms with Crippen LogP contribution in [-0.4, -0.2) is 38.6 Å². The van der Waals surface area contributed by atoms with Gasteiger partial charge in [0, 0.05) is 4.47 Å². The van der Waals surface area contributed by atoms with Crippen LogP contribution in [0.1, 0.15) is 37.7 Å². The predicted octanol–water partition coefficient (Wildman–Crippen LogP) is 5.63. The largest absolute Gasteiger partial charge is 0.480 e. The summed E-state index contributed by atoms with van der Waals surface area (Å²) in [4.78, 5) is 11.7. The smallest absolute Gasteiger partial charge is 0.321 e. The van der Waals surface area contributed by atoms with Gasteiger partial charge in [0.25, 0.3) is 0 Å². The first kappa shape index (κ1) is 28.1. The summed E-state index contributed by atoms with van der Waals surface area (Å²) >= 11 is 3.40. The maximum atomic E-state index is 12.8. The van der Waals surface area contributed by atoms with E-state index in [4.69, 9.17) is 0 Å². The molecule has 1 atom stereocenters. The van der Waals surface area contributed by atoms with Crippen molar-refractivity contribution in [1.29, 1.82) is 0 Å². The topological polar surface area (TPSA) is 95.5 Å². The van der Waals surface area contributed by atoms with Crippen LogP contribution in [0, 0.1) is 0 Å². The van der Waals surface area contributed by atoms with E-state index in [0.29, 0.717) is 6.42 Å². The Labute approximate surface area is 222 Å². The van der Waals surface area contributed by atoms with Gasteiger partial charge < -0.3 is 10.4 Å². The quantitative estimate of drug-likeness (QED) is 0.205. The number of nitrogens with one attached hydrogen (secondary N) is 2. The molecule has 0 aliphatic rings. The maximum absolute atomic E-state index is 12.8. The van der Waals surface area contributed by atoms with Crippen molar-refractivity contribution in [3.63, 3.8) is 0 Å². The summed E-state index contributed by atoms with van der Waals surface area (Å²) in [6, 6.07) is 23.4. The SMILES string of the molecule is O=C(O)C(CCCCNCCCCc1ccccc1)NS(=O)(=O)c1ccc(-c2ccc(Br)cc2)cc1. The van der Waals surface area contributed by atoms with E-state index < -0.39 is 22.0 Å². The molecule has 0 spiro atoms. The van der Waals surface area contributed by atoms with Crippen LogP contribution in [0.4, 0.5) is 0 Å². The number of aryl methyl sites for hydroxylation is 1. The van der Waals surface area contributed by atoms with Crippen molar-refractivity contribution in [2.24, 2.45) is 0 Å². The first-order valence-corrected chi connectivity index (χ1v) is 14.5. The molecule has 6 nitrogen and oxygen atoms in total. The lowest BCUT2D eigenvalue weighted by Gasteiger charge is -2.15. The third-order valence-corrected chi connectivity index (χ3v) is 7.96. The lowest BCUT2D eigenvalue weighted by Crippen LogP contribution is -2.40. The fraction of sp³-hybridized carbons (Fsp3) is 0.321. The summed E-state index contributed by atoms with van der Waals surface area (Å²) < 4.78 is 28.9. The summed E-state index contributed by atoms with van der Waals surface area (Å²) in [5, 5.41) is 12.9. The monoisotopic (exact) mass is 572 g/mol. The second-order valence-electron chi connectivity index (χ2n) is 8.73. The van der Waals surface area contributed by atoms with Gasteiger partial charge >= 0.3 is 5.97 Å². The van der Waals surface area contributed by atoms with Crippen molar-refractivity contribution in [3.8, 4) is 11.1 Å². The molecule has 0 saturated carbocycles. The van der Waals surface area contributed by atoms with E-state index in [1.54, 1.807) is 12.1 Å². The molecule has 1 unspecified atom stereocenters. The Balaban J connectivity index is 1.39. The number of aliphatic carboxylic acids is 1. The molecular formula is C28H33BrN2O4S. The molecule has 0 aromatic heterocycles. The minimum absolute atomic E-state index is 0.0479. The Morgan fingerprint density at radius 3 is 2.00 bits per heavy atom. The van der Waals surface area contributed by atoms with Crippen molar-refractivity contribution in [2.75, 3.05) is 13.1 Å². The van der Waals surface area contributed by atoms with Gasteiger partial charge in [-0.15, -0.1) is 0 Å². The zero-order chi connectivity index (χ0) is 25.8. The minimum Gasteiger partial charge on any atom is -0.480 e. The van der Waals surface area contributed by atoms with Crippen molar-refractivity contribution < 1.29 is 18.3 Å². The summed E-state index contributed by atoms with van der Waals surface area (Å²) in [7, 11) is -3.94. The van der Waals surface area contributed by atoms with E-state index in [2.05, 4.69) is 50.2 Å². The summed E-state index contributed by atoms with van der Waals surface area (Å²) in [5.41, 5.74) is 3.19. The Morgan fingerprint density at radius 2 is 1.39 bits per heavy atom. The van der Waals surface area contributed by atoms with Crippen LogP contribution in [0.3, 0.4) is 0 Å². The highest BCUT2D eigenvalue weighted by Gasteiger charge is 2.25. The second-order valence-corrected chi connectivity index (χ2v) is 11.4. The molecular weight excluding hydrogens is 540 g/mol. The molecule has 0 heterocycles. The molecule has 0 amide bonds. The molecule has 0 aliphatic heterocycles. The maximum Gasteiger partial charge on any atom is 0.321 e. The molecule has 36 heavy (non-hydrogen) atoms. The highest BCUT2D eigenvalue weighted by molar-refractivity contribution is 9.10. The fourth-order valence-corrected chi connectivity index (χ4v) is 5.39. The average molecular weight is 574 g/mol. The first-order chi connectivity index (χ1) is 17.3. The molecule has 3 N–H and O–H groups in total. The van der Waals surface area contributed by atoms with Crippen molar-refractivity contribution in [1.82, 2.24) is 10.0 Å². The number of carboxylic acid groups (broad SMARTS) is 1. The van der Waals surface area contributed by atoms with Crippen LogP contribution >= 0.6 is 15.9 Å².